The summed E-state index contributed by atoms with van der Waals surface area (Å²) in [5.74, 6) is 0.147. The highest BCUT2D eigenvalue weighted by atomic mass is 32.1. The van der Waals surface area contributed by atoms with Gasteiger partial charge in [-0.05, 0) is 38.0 Å². The van der Waals surface area contributed by atoms with Gasteiger partial charge in [-0.2, -0.15) is 5.10 Å². The fraction of sp³-hybridized carbons (Fsp3) is 0.429. The third-order valence-electron chi connectivity index (χ3n) is 2.95. The predicted molar refractivity (Wildman–Crippen MR) is 74.4 cm³/mol. The summed E-state index contributed by atoms with van der Waals surface area (Å²) < 4.78 is 1.84. The van der Waals surface area contributed by atoms with Gasteiger partial charge in [-0.1, -0.05) is 13.8 Å². The number of aryl methyl sites for hydroxylation is 3. The number of aromatic nitrogens is 2. The molecule has 0 aliphatic carbocycles. The van der Waals surface area contributed by atoms with Crippen molar-refractivity contribution in [3.63, 3.8) is 0 Å². The van der Waals surface area contributed by atoms with Crippen molar-refractivity contribution in [2.75, 3.05) is 0 Å². The van der Waals surface area contributed by atoms with Crippen LogP contribution in [0.15, 0.2) is 18.2 Å². The van der Waals surface area contributed by atoms with Crippen LogP contribution in [0.4, 0.5) is 0 Å². The van der Waals surface area contributed by atoms with Crippen LogP contribution in [0.25, 0.3) is 0 Å². The molecule has 0 spiro atoms. The van der Waals surface area contributed by atoms with Crippen molar-refractivity contribution in [3.8, 4) is 0 Å². The van der Waals surface area contributed by atoms with Gasteiger partial charge in [0, 0.05) is 10.6 Å². The van der Waals surface area contributed by atoms with Gasteiger partial charge in [-0.15, -0.1) is 11.3 Å². The fourth-order valence-electron chi connectivity index (χ4n) is 1.91. The topological polar surface area (TPSA) is 34.9 Å². The van der Waals surface area contributed by atoms with Gasteiger partial charge in [0.15, 0.2) is 5.78 Å². The summed E-state index contributed by atoms with van der Waals surface area (Å²) in [5, 5.41) is 4.47. The number of Topliss-reactive ketones (excluding diaryl/α,β-unsaturated/α-hetero) is 1. The first-order chi connectivity index (χ1) is 8.63. The van der Waals surface area contributed by atoms with Crippen molar-refractivity contribution in [2.45, 2.75) is 40.2 Å². The molecule has 0 bridgehead atoms. The molecule has 0 atom stereocenters. The number of hydrogen-bond acceptors (Lipinski definition) is 3. The van der Waals surface area contributed by atoms with E-state index in [-0.39, 0.29) is 5.78 Å². The predicted octanol–water partition coefficient (Wildman–Crippen LogP) is 3.26. The molecule has 0 aliphatic rings. The Labute approximate surface area is 111 Å². The van der Waals surface area contributed by atoms with Crippen molar-refractivity contribution in [1.29, 1.82) is 0 Å². The lowest BCUT2D eigenvalue weighted by molar-refractivity contribution is 0.0970. The van der Waals surface area contributed by atoms with Crippen molar-refractivity contribution < 1.29 is 4.79 Å². The van der Waals surface area contributed by atoms with Crippen LogP contribution < -0.4 is 0 Å². The number of ketones is 1. The van der Waals surface area contributed by atoms with Gasteiger partial charge in [0.25, 0.3) is 0 Å². The first-order valence-corrected chi connectivity index (χ1v) is 7.11. The van der Waals surface area contributed by atoms with Crippen LogP contribution in [0, 0.1) is 6.92 Å². The molecule has 0 aromatic carbocycles. The van der Waals surface area contributed by atoms with E-state index in [1.807, 2.05) is 23.7 Å². The Kier molecular flexibility index (Phi) is 3.97. The summed E-state index contributed by atoms with van der Waals surface area (Å²) in [5.41, 5.74) is 2.19. The molecular weight excluding hydrogens is 244 g/mol. The first-order valence-electron chi connectivity index (χ1n) is 6.29. The Morgan fingerprint density at radius 1 is 1.33 bits per heavy atom. The molecule has 2 rings (SSSR count). The Bertz CT molecular complexity index is 554. The lowest BCUT2D eigenvalue weighted by Crippen LogP contribution is -2.13. The Morgan fingerprint density at radius 2 is 2.11 bits per heavy atom. The van der Waals surface area contributed by atoms with Crippen LogP contribution in [0.5, 0.6) is 0 Å². The lowest BCUT2D eigenvalue weighted by atomic mass is 10.2. The molecule has 18 heavy (non-hydrogen) atoms. The highest BCUT2D eigenvalue weighted by Crippen LogP contribution is 2.17. The molecular formula is C14H18N2OS. The van der Waals surface area contributed by atoms with Crippen LogP contribution in [0.3, 0.4) is 0 Å². The van der Waals surface area contributed by atoms with Gasteiger partial charge in [0.1, 0.15) is 6.54 Å². The average Bonchev–Trinajstić information content (AvgIpc) is 2.95. The number of nitrogens with zero attached hydrogens (tertiary/aromatic N) is 2. The maximum absolute atomic E-state index is 12.1. The van der Waals surface area contributed by atoms with Crippen molar-refractivity contribution in [2.24, 2.45) is 0 Å². The van der Waals surface area contributed by atoms with E-state index in [0.717, 1.165) is 29.1 Å². The molecule has 2 heterocycles. The molecule has 0 radical (unpaired) electrons. The van der Waals surface area contributed by atoms with Gasteiger partial charge in [-0.25, -0.2) is 0 Å². The zero-order valence-electron chi connectivity index (χ0n) is 11.1. The quantitative estimate of drug-likeness (QED) is 0.775. The Morgan fingerprint density at radius 3 is 2.67 bits per heavy atom. The number of rotatable bonds is 5. The minimum Gasteiger partial charge on any atom is -0.291 e. The van der Waals surface area contributed by atoms with Crippen LogP contribution >= 0.6 is 11.3 Å². The van der Waals surface area contributed by atoms with Crippen LogP contribution in [0.2, 0.25) is 0 Å². The second-order valence-corrected chi connectivity index (χ2v) is 5.61. The maximum Gasteiger partial charge on any atom is 0.194 e. The molecule has 96 valence electrons. The van der Waals surface area contributed by atoms with E-state index in [0.29, 0.717) is 6.54 Å². The minimum atomic E-state index is 0.147. The highest BCUT2D eigenvalue weighted by molar-refractivity contribution is 7.14. The first kappa shape index (κ1) is 13.0. The van der Waals surface area contributed by atoms with Crippen LogP contribution in [-0.4, -0.2) is 15.6 Å². The minimum absolute atomic E-state index is 0.147. The summed E-state index contributed by atoms with van der Waals surface area (Å²) in [6, 6.07) is 5.98. The van der Waals surface area contributed by atoms with Crippen LogP contribution in [0.1, 0.15) is 39.8 Å². The zero-order valence-corrected chi connectivity index (χ0v) is 11.9. The average molecular weight is 262 g/mol. The summed E-state index contributed by atoms with van der Waals surface area (Å²) in [6.45, 7) is 6.54. The Balaban J connectivity index is 2.18. The second-order valence-electron chi connectivity index (χ2n) is 4.33. The molecule has 4 heteroatoms. The molecule has 0 N–H and O–H groups in total. The normalized spacial score (nSPS) is 10.8. The van der Waals surface area contributed by atoms with Gasteiger partial charge in [-0.3, -0.25) is 9.48 Å². The largest absolute Gasteiger partial charge is 0.291 e. The molecule has 0 aliphatic heterocycles. The Hall–Kier alpha value is -1.42. The third-order valence-corrected chi connectivity index (χ3v) is 3.99. The van der Waals surface area contributed by atoms with E-state index in [9.17, 15) is 4.79 Å². The molecule has 0 saturated carbocycles. The third kappa shape index (κ3) is 2.70. The molecule has 0 saturated heterocycles. The molecule has 3 nitrogen and oxygen atoms in total. The number of carbonyl (C=O) groups is 1. The van der Waals surface area contributed by atoms with Gasteiger partial charge < -0.3 is 0 Å². The van der Waals surface area contributed by atoms with Crippen molar-refractivity contribution in [1.82, 2.24) is 9.78 Å². The summed E-state index contributed by atoms with van der Waals surface area (Å²) in [7, 11) is 0. The van der Waals surface area contributed by atoms with Gasteiger partial charge in [0.05, 0.1) is 10.6 Å². The van der Waals surface area contributed by atoms with E-state index in [4.69, 9.17) is 0 Å². The van der Waals surface area contributed by atoms with Gasteiger partial charge in [0.2, 0.25) is 0 Å². The smallest absolute Gasteiger partial charge is 0.194 e. The summed E-state index contributed by atoms with van der Waals surface area (Å²) in [4.78, 5) is 14.1. The number of thiophene rings is 1. The molecule has 2 aromatic rings. The fourth-order valence-corrected chi connectivity index (χ4v) is 2.70. The van der Waals surface area contributed by atoms with Crippen molar-refractivity contribution >= 4 is 17.1 Å². The standard InChI is InChI=1S/C14H18N2OS/c1-4-11-8-12(5-2)16(15-11)9-13(17)14-7-6-10(3)18-14/h6-8H,4-5,9H2,1-3H3. The zero-order chi connectivity index (χ0) is 13.1. The highest BCUT2D eigenvalue weighted by Gasteiger charge is 2.12. The monoisotopic (exact) mass is 262 g/mol. The maximum atomic E-state index is 12.1. The SMILES string of the molecule is CCc1cc(CC)n(CC(=O)c2ccc(C)s2)n1. The van der Waals surface area contributed by atoms with E-state index >= 15 is 0 Å². The second kappa shape index (κ2) is 5.48. The molecule has 2 aromatic heterocycles. The molecule has 0 fully saturated rings. The summed E-state index contributed by atoms with van der Waals surface area (Å²) in [6.07, 6.45) is 1.82. The van der Waals surface area contributed by atoms with Gasteiger partial charge >= 0.3 is 0 Å². The van der Waals surface area contributed by atoms with E-state index < -0.39 is 0 Å². The van der Waals surface area contributed by atoms with Crippen LogP contribution in [-0.2, 0) is 19.4 Å². The lowest BCUT2D eigenvalue weighted by Gasteiger charge is -2.03. The van der Waals surface area contributed by atoms with E-state index in [1.54, 1.807) is 11.3 Å². The van der Waals surface area contributed by atoms with E-state index in [2.05, 4.69) is 25.0 Å². The molecule has 0 amide bonds. The molecule has 0 unspecified atom stereocenters. The number of carbonyl (C=O) groups excluding carboxylic acids is 1. The number of hydrogen-bond donors (Lipinski definition) is 0. The van der Waals surface area contributed by atoms with Crippen molar-refractivity contribution in [3.05, 3.63) is 39.3 Å². The summed E-state index contributed by atoms with van der Waals surface area (Å²) >= 11 is 1.55. The van der Waals surface area contributed by atoms with E-state index in [1.165, 1.54) is 4.88 Å².